The summed E-state index contributed by atoms with van der Waals surface area (Å²) in [6.45, 7) is 12.9. The van der Waals surface area contributed by atoms with Gasteiger partial charge in [0.25, 0.3) is 0 Å². The Bertz CT molecular complexity index is 1500. The van der Waals surface area contributed by atoms with E-state index in [2.05, 4.69) is 76.3 Å². The predicted octanol–water partition coefficient (Wildman–Crippen LogP) is 6.76. The minimum atomic E-state index is -0.844. The van der Waals surface area contributed by atoms with Crippen LogP contribution in [-0.4, -0.2) is 147 Å². The van der Waals surface area contributed by atoms with Crippen molar-refractivity contribution in [1.82, 2.24) is 25.5 Å². The molecule has 8 aliphatic rings. The van der Waals surface area contributed by atoms with Crippen LogP contribution in [0.3, 0.4) is 0 Å². The third kappa shape index (κ3) is 11.8. The summed E-state index contributed by atoms with van der Waals surface area (Å²) in [6, 6.07) is -0.219. The summed E-state index contributed by atoms with van der Waals surface area (Å²) in [4.78, 5) is 40.6. The Morgan fingerprint density at radius 3 is 2.15 bits per heavy atom. The number of rotatable bonds is 18. The first-order valence-corrected chi connectivity index (χ1v) is 26.8. The van der Waals surface area contributed by atoms with Crippen LogP contribution in [-0.2, 0) is 23.9 Å². The molecular weight excluding hydrogens is 819 g/mol. The fraction of sp³-hybridized carbons (Fsp3) is 0.962. The van der Waals surface area contributed by atoms with Gasteiger partial charge in [-0.25, -0.2) is 0 Å². The summed E-state index contributed by atoms with van der Waals surface area (Å²) in [5.41, 5.74) is 0.278. The molecule has 4 N–H and O–H groups in total. The summed E-state index contributed by atoms with van der Waals surface area (Å²) in [7, 11) is 10.4. The summed E-state index contributed by atoms with van der Waals surface area (Å²) in [5, 5.41) is 31.0. The highest BCUT2D eigenvalue weighted by molar-refractivity contribution is 5.83. The van der Waals surface area contributed by atoms with Crippen LogP contribution >= 0.6 is 0 Å². The lowest BCUT2D eigenvalue weighted by molar-refractivity contribution is -0.197. The number of hydroxylamine groups is 2. The first-order chi connectivity index (χ1) is 31.0. The highest BCUT2D eigenvalue weighted by Crippen LogP contribution is 2.63. The van der Waals surface area contributed by atoms with Gasteiger partial charge in [-0.1, -0.05) is 66.2 Å². The smallest absolute Gasteiger partial charge is 0.240 e. The van der Waals surface area contributed by atoms with Gasteiger partial charge in [-0.3, -0.25) is 14.4 Å². The number of nitrogens with zero attached hydrogens (tertiary/aromatic N) is 3. The first kappa shape index (κ1) is 51.5. The average Bonchev–Trinajstić information content (AvgIpc) is 3.65. The zero-order chi connectivity index (χ0) is 46.7. The van der Waals surface area contributed by atoms with Crippen molar-refractivity contribution in [3.63, 3.8) is 0 Å². The van der Waals surface area contributed by atoms with Crippen LogP contribution in [0.15, 0.2) is 0 Å². The number of ether oxygens (including phenoxy) is 2. The molecule has 12 heteroatoms. The number of aliphatic hydroxyl groups excluding tert-OH is 2. The molecule has 1 aliphatic heterocycles. The average molecular weight is 914 g/mol. The molecule has 2 bridgehead atoms. The van der Waals surface area contributed by atoms with Gasteiger partial charge >= 0.3 is 0 Å². The summed E-state index contributed by atoms with van der Waals surface area (Å²) >= 11 is 0. The zero-order valence-electron chi connectivity index (χ0n) is 42.6. The third-order valence-corrected chi connectivity index (χ3v) is 19.3. The van der Waals surface area contributed by atoms with Crippen molar-refractivity contribution in [3.8, 4) is 0 Å². The van der Waals surface area contributed by atoms with Gasteiger partial charge in [-0.15, -0.1) is 0 Å². The van der Waals surface area contributed by atoms with E-state index in [9.17, 15) is 19.8 Å². The number of nitrogens with one attached hydrogen (secondary N) is 2. The van der Waals surface area contributed by atoms with Crippen LogP contribution in [0.5, 0.6) is 0 Å². The fourth-order valence-corrected chi connectivity index (χ4v) is 15.5. The maximum Gasteiger partial charge on any atom is 0.240 e. The van der Waals surface area contributed by atoms with Crippen LogP contribution in [0.4, 0.5) is 0 Å². The van der Waals surface area contributed by atoms with E-state index in [0.29, 0.717) is 66.7 Å². The molecule has 374 valence electrons. The SMILES string of the molecule is COC1CCC(COC2C(CN3O[C@@H](CO)[C@H]([C@H](C)O)[C@H]3C(=O)NC3[C@@H](C)[C@H]4C[C@@H]([C@@H]3C)C4(C)C)CCCC2C2CC(C(=O)N[C@@H](CC3CCCCC3)CN(C)C)CC(N(C)C)C2)CC1. The van der Waals surface area contributed by atoms with E-state index in [1.54, 1.807) is 6.92 Å². The molecular formula is C53H95N5O7. The minimum Gasteiger partial charge on any atom is -0.394 e. The number of carbonyl (C=O) groups is 2. The van der Waals surface area contributed by atoms with Crippen LogP contribution in [0.2, 0.25) is 0 Å². The molecule has 7 unspecified atom stereocenters. The van der Waals surface area contributed by atoms with Crippen molar-refractivity contribution >= 4 is 11.8 Å². The molecule has 1 heterocycles. The molecule has 12 nitrogen and oxygen atoms in total. The number of methoxy groups -OCH3 is 1. The quantitative estimate of drug-likeness (QED) is 0.117. The second-order valence-corrected chi connectivity index (χ2v) is 24.2. The first-order valence-electron chi connectivity index (χ1n) is 26.8. The molecule has 65 heavy (non-hydrogen) atoms. The number of aliphatic hydroxyl groups is 2. The van der Waals surface area contributed by atoms with Gasteiger partial charge in [0.2, 0.25) is 11.8 Å². The minimum absolute atomic E-state index is 0.0544. The van der Waals surface area contributed by atoms with Crippen molar-refractivity contribution in [2.75, 3.05) is 61.6 Å². The standard InChI is InChI=1S/C53H95N5O7/c1-32-44-27-45(53(44,4)5)33(2)48(32)55-52(62)49-47(34(3)60)46(30-59)65-58(49)28-37-17-14-18-43(50(37)64-31-36-19-21-42(63-10)22-20-36)38-24-39(26-41(25-38)57(8)9)51(61)54-40(29-56(6)7)23-35-15-12-11-13-16-35/h32-50,59-60H,11-31H2,1-10H3,(H,54,61)(H,55,62)/t32-,33-,34-,36?,37?,38?,39?,40-,41?,42?,43?,44-,45+,46-,47-,48?,49-,50?/m0/s1. The van der Waals surface area contributed by atoms with Crippen LogP contribution in [0, 0.1) is 70.5 Å². The van der Waals surface area contributed by atoms with E-state index in [4.69, 9.17) is 14.3 Å². The predicted molar refractivity (Wildman–Crippen MR) is 257 cm³/mol. The zero-order valence-corrected chi connectivity index (χ0v) is 42.6. The topological polar surface area (TPSA) is 136 Å². The maximum absolute atomic E-state index is 14.8. The number of amides is 2. The van der Waals surface area contributed by atoms with Gasteiger partial charge in [0.15, 0.2) is 0 Å². The molecule has 8 fully saturated rings. The van der Waals surface area contributed by atoms with E-state index in [1.807, 2.05) is 12.2 Å². The van der Waals surface area contributed by atoms with Crippen LogP contribution in [0.25, 0.3) is 0 Å². The van der Waals surface area contributed by atoms with Crippen LogP contribution in [0.1, 0.15) is 144 Å². The Morgan fingerprint density at radius 2 is 1.55 bits per heavy atom. The van der Waals surface area contributed by atoms with E-state index in [-0.39, 0.29) is 59.8 Å². The van der Waals surface area contributed by atoms with E-state index >= 15 is 0 Å². The Labute approximate surface area is 394 Å². The maximum atomic E-state index is 14.8. The van der Waals surface area contributed by atoms with E-state index < -0.39 is 24.2 Å². The summed E-state index contributed by atoms with van der Waals surface area (Å²) < 4.78 is 13.1. The third-order valence-electron chi connectivity index (χ3n) is 19.3. The number of fused-ring (bicyclic) bond motifs is 2. The number of hydrogen-bond acceptors (Lipinski definition) is 10. The lowest BCUT2D eigenvalue weighted by atomic mass is 9.41. The van der Waals surface area contributed by atoms with Gasteiger partial charge in [0, 0.05) is 62.7 Å². The fourth-order valence-electron chi connectivity index (χ4n) is 15.5. The molecule has 7 saturated carbocycles. The molecule has 0 aromatic carbocycles. The Morgan fingerprint density at radius 1 is 0.862 bits per heavy atom. The lowest BCUT2D eigenvalue weighted by Gasteiger charge is -2.65. The molecule has 2 amide bonds. The molecule has 0 aromatic heterocycles. The van der Waals surface area contributed by atoms with Crippen molar-refractivity contribution in [2.24, 2.45) is 70.5 Å². The normalized spacial score (nSPS) is 41.2. The highest BCUT2D eigenvalue weighted by atomic mass is 16.7. The number of likely N-dealkylation sites (N-methyl/N-ethyl adjacent to an activating group) is 1. The van der Waals surface area contributed by atoms with Gasteiger partial charge in [-0.2, -0.15) is 5.06 Å². The molecule has 0 aromatic rings. The number of carbonyl (C=O) groups excluding carboxylic acids is 2. The Hall–Kier alpha value is -1.38. The molecule has 0 radical (unpaired) electrons. The van der Waals surface area contributed by atoms with Crippen LogP contribution < -0.4 is 10.6 Å². The molecule has 16 atom stereocenters. The van der Waals surface area contributed by atoms with Crippen molar-refractivity contribution in [1.29, 1.82) is 0 Å². The molecule has 0 spiro atoms. The lowest BCUT2D eigenvalue weighted by Crippen LogP contribution is -2.66. The summed E-state index contributed by atoms with van der Waals surface area (Å²) in [5.74, 6) is 3.16. The monoisotopic (exact) mass is 914 g/mol. The van der Waals surface area contributed by atoms with E-state index in [0.717, 1.165) is 77.2 Å². The number of hydrogen-bond donors (Lipinski definition) is 4. The Kier molecular flexibility index (Phi) is 17.9. The van der Waals surface area contributed by atoms with Gasteiger partial charge in [0.1, 0.15) is 12.1 Å². The van der Waals surface area contributed by atoms with E-state index in [1.165, 1.54) is 38.5 Å². The summed E-state index contributed by atoms with van der Waals surface area (Å²) in [6.07, 6.45) is 17.6. The largest absolute Gasteiger partial charge is 0.394 e. The van der Waals surface area contributed by atoms with Crippen molar-refractivity contribution in [3.05, 3.63) is 0 Å². The molecule has 7 aliphatic carbocycles. The van der Waals surface area contributed by atoms with Crippen molar-refractivity contribution < 1.29 is 34.1 Å². The molecule has 1 saturated heterocycles. The van der Waals surface area contributed by atoms with Gasteiger partial charge in [-0.05, 0) is 159 Å². The highest BCUT2D eigenvalue weighted by Gasteiger charge is 2.61. The Balaban J connectivity index is 1.12. The van der Waals surface area contributed by atoms with Gasteiger partial charge in [0.05, 0.1) is 24.9 Å². The van der Waals surface area contributed by atoms with Gasteiger partial charge < -0.3 is 40.1 Å². The second-order valence-electron chi connectivity index (χ2n) is 24.2. The second kappa shape index (κ2) is 22.6. The van der Waals surface area contributed by atoms with Crippen molar-refractivity contribution in [2.45, 2.75) is 192 Å². The molecule has 8 rings (SSSR count).